The molecule has 1 unspecified atom stereocenters. The van der Waals surface area contributed by atoms with Crippen molar-refractivity contribution in [3.63, 3.8) is 0 Å². The molecule has 35 heavy (non-hydrogen) atoms. The summed E-state index contributed by atoms with van der Waals surface area (Å²) in [6.45, 7) is -1.38. The molecule has 2 fully saturated rings. The summed E-state index contributed by atoms with van der Waals surface area (Å²) in [6.07, 6.45) is -11.8. The zero-order valence-electron chi connectivity index (χ0n) is 18.3. The minimum Gasteiger partial charge on any atom is -0.394 e. The van der Waals surface area contributed by atoms with Crippen molar-refractivity contribution in [3.8, 4) is 0 Å². The van der Waals surface area contributed by atoms with Crippen LogP contribution in [0.5, 0.6) is 0 Å². The molecule has 2 saturated heterocycles. The number of aliphatic hydroxyl groups is 7. The van der Waals surface area contributed by atoms with Gasteiger partial charge in [0.25, 0.3) is 5.56 Å². The van der Waals surface area contributed by atoms with Gasteiger partial charge in [-0.2, -0.15) is 0 Å². The maximum atomic E-state index is 12.4. The zero-order chi connectivity index (χ0) is 26.1. The lowest BCUT2D eigenvalue weighted by molar-refractivity contribution is -0.0527. The predicted octanol–water partition coefficient (Wildman–Crippen LogP) is -5.48. The first-order valence-electron chi connectivity index (χ1n) is 10.7. The van der Waals surface area contributed by atoms with Gasteiger partial charge in [0.2, 0.25) is 0 Å². The van der Waals surface area contributed by atoms with E-state index >= 15 is 0 Å². The average molecular weight is 527 g/mol. The van der Waals surface area contributed by atoms with E-state index in [1.165, 1.54) is 0 Å². The molecule has 1 aromatic heterocycles. The van der Waals surface area contributed by atoms with Gasteiger partial charge >= 0.3 is 13.3 Å². The van der Waals surface area contributed by atoms with E-state index in [1.54, 1.807) is 0 Å². The van der Waals surface area contributed by atoms with Crippen LogP contribution in [-0.4, -0.2) is 124 Å². The topological polar surface area (TPSA) is 264 Å². The number of nitrogens with zero attached hydrogens (tertiary/aromatic N) is 1. The van der Waals surface area contributed by atoms with Gasteiger partial charge in [0, 0.05) is 18.3 Å². The lowest BCUT2D eigenvalue weighted by atomic mass is 10.0. The summed E-state index contributed by atoms with van der Waals surface area (Å²) in [6, 6.07) is -1.03. The van der Waals surface area contributed by atoms with Gasteiger partial charge in [-0.25, -0.2) is 4.79 Å². The van der Waals surface area contributed by atoms with Crippen LogP contribution >= 0.6 is 7.60 Å². The van der Waals surface area contributed by atoms with E-state index in [9.17, 15) is 49.7 Å². The summed E-state index contributed by atoms with van der Waals surface area (Å²) >= 11 is 0. The maximum Gasteiger partial charge on any atom is 0.330 e. The normalized spacial score (nSPS) is 36.7. The van der Waals surface area contributed by atoms with Crippen LogP contribution in [0.1, 0.15) is 12.6 Å². The number of hydrogen-bond acceptors (Lipinski definition) is 13. The summed E-state index contributed by atoms with van der Waals surface area (Å²) in [4.78, 5) is 35.2. The highest BCUT2D eigenvalue weighted by atomic mass is 31.2. The fraction of sp³-hybridized carbons (Fsp3) is 0.778. The lowest BCUT2D eigenvalue weighted by Gasteiger charge is -2.23. The van der Waals surface area contributed by atoms with E-state index < -0.39 is 99.3 Å². The summed E-state index contributed by atoms with van der Waals surface area (Å²) in [5, 5.41) is 72.0. The Morgan fingerprint density at radius 1 is 1.11 bits per heavy atom. The third kappa shape index (κ3) is 6.43. The fourth-order valence-corrected chi connectivity index (χ4v) is 5.32. The van der Waals surface area contributed by atoms with Crippen LogP contribution < -0.4 is 16.6 Å². The Labute approximate surface area is 197 Å². The second-order valence-electron chi connectivity index (χ2n) is 8.60. The Hall–Kier alpha value is -1.53. The van der Waals surface area contributed by atoms with Gasteiger partial charge in [-0.1, -0.05) is 0 Å². The highest BCUT2D eigenvalue weighted by Gasteiger charge is 2.46. The molecule has 0 bridgehead atoms. The lowest BCUT2D eigenvalue weighted by Crippen LogP contribution is -2.45. The van der Waals surface area contributed by atoms with Crippen LogP contribution in [0.15, 0.2) is 21.9 Å². The predicted molar refractivity (Wildman–Crippen MR) is 114 cm³/mol. The average Bonchev–Trinajstić information content (AvgIpc) is 3.22. The molecule has 3 rings (SSSR count). The molecule has 0 spiro atoms. The second kappa shape index (κ2) is 11.2. The molecule has 16 nitrogen and oxygen atoms in total. The van der Waals surface area contributed by atoms with E-state index in [0.717, 1.165) is 16.8 Å². The van der Waals surface area contributed by atoms with Gasteiger partial charge in [0.1, 0.15) is 18.3 Å². The summed E-state index contributed by atoms with van der Waals surface area (Å²) in [7, 11) is -4.49. The number of nitrogens with one attached hydrogen (secondary N) is 2. The number of aliphatic hydroxyl groups excluding tert-OH is 7. The summed E-state index contributed by atoms with van der Waals surface area (Å²) < 4.78 is 23.6. The van der Waals surface area contributed by atoms with Crippen molar-refractivity contribution >= 4 is 7.60 Å². The van der Waals surface area contributed by atoms with Crippen molar-refractivity contribution in [2.75, 3.05) is 19.4 Å². The minimum atomic E-state index is -4.49. The molecule has 2 aliphatic rings. The standard InChI is InChI=1S/C18H30N3O13P/c22-4-9(24)12-15(28)13(26)8(19-12)3-7(23)6-35(31,32)33-5-10-14(27)16(29)17(34-10)21-2-1-11(25)20-18(21)30/h1-2,7-10,12-17,19,22-24,26-29H,3-6H2,(H,31,32)(H,20,25,30)/t7-,8-,9+,10+,12-,13-,14+,15-,16+,17+/m0/s1. The van der Waals surface area contributed by atoms with Gasteiger partial charge in [-0.05, 0) is 6.42 Å². The molecule has 11 atom stereocenters. The zero-order valence-corrected chi connectivity index (χ0v) is 19.2. The molecule has 0 amide bonds. The third-order valence-corrected chi connectivity index (χ3v) is 7.44. The van der Waals surface area contributed by atoms with Crippen molar-refractivity contribution in [1.29, 1.82) is 0 Å². The number of aromatic amines is 1. The van der Waals surface area contributed by atoms with Gasteiger partial charge in [-0.3, -0.25) is 18.9 Å². The molecule has 10 N–H and O–H groups in total. The van der Waals surface area contributed by atoms with Crippen molar-refractivity contribution in [1.82, 2.24) is 14.9 Å². The Balaban J connectivity index is 1.54. The molecule has 200 valence electrons. The third-order valence-electron chi connectivity index (χ3n) is 6.01. The van der Waals surface area contributed by atoms with Crippen molar-refractivity contribution < 1.29 is 54.5 Å². The fourth-order valence-electron chi connectivity index (χ4n) is 4.16. The Kier molecular flexibility index (Phi) is 9.01. The smallest absolute Gasteiger partial charge is 0.330 e. The molecule has 0 aliphatic carbocycles. The summed E-state index contributed by atoms with van der Waals surface area (Å²) in [5.41, 5.74) is -1.60. The number of rotatable bonds is 10. The quantitative estimate of drug-likeness (QED) is 0.127. The van der Waals surface area contributed by atoms with Crippen molar-refractivity contribution in [2.24, 2.45) is 0 Å². The number of aromatic nitrogens is 2. The largest absolute Gasteiger partial charge is 0.394 e. The highest BCUT2D eigenvalue weighted by Crippen LogP contribution is 2.44. The molecule has 0 aromatic carbocycles. The maximum absolute atomic E-state index is 12.4. The van der Waals surface area contributed by atoms with Gasteiger partial charge < -0.3 is 55.2 Å². The summed E-state index contributed by atoms with van der Waals surface area (Å²) in [5.74, 6) is 0. The van der Waals surface area contributed by atoms with E-state index in [0.29, 0.717) is 0 Å². The van der Waals surface area contributed by atoms with E-state index in [-0.39, 0.29) is 6.42 Å². The van der Waals surface area contributed by atoms with Crippen molar-refractivity contribution in [2.45, 2.75) is 67.5 Å². The number of hydrogen-bond donors (Lipinski definition) is 10. The van der Waals surface area contributed by atoms with E-state index in [4.69, 9.17) is 14.4 Å². The molecule has 0 saturated carbocycles. The monoisotopic (exact) mass is 527 g/mol. The molecule has 3 heterocycles. The Bertz CT molecular complexity index is 1020. The van der Waals surface area contributed by atoms with Crippen LogP contribution in [-0.2, 0) is 13.8 Å². The molecule has 0 radical (unpaired) electrons. The van der Waals surface area contributed by atoms with Gasteiger partial charge in [-0.15, -0.1) is 0 Å². The van der Waals surface area contributed by atoms with Crippen LogP contribution in [0.25, 0.3) is 0 Å². The van der Waals surface area contributed by atoms with E-state index in [2.05, 4.69) is 5.32 Å². The highest BCUT2D eigenvalue weighted by molar-refractivity contribution is 7.52. The first kappa shape index (κ1) is 28.0. The molecular formula is C18H30N3O13P. The Morgan fingerprint density at radius 3 is 2.43 bits per heavy atom. The van der Waals surface area contributed by atoms with Gasteiger partial charge in [0.15, 0.2) is 6.23 Å². The van der Waals surface area contributed by atoms with Gasteiger partial charge in [0.05, 0.1) is 49.8 Å². The first-order valence-corrected chi connectivity index (χ1v) is 12.5. The molecule has 17 heteroatoms. The molecule has 1 aromatic rings. The molecule has 2 aliphatic heterocycles. The van der Waals surface area contributed by atoms with Crippen LogP contribution in [0.4, 0.5) is 0 Å². The minimum absolute atomic E-state index is 0.306. The SMILES string of the molecule is O=c1ccn([C@@H]2O[C@H](COP(=O)(O)C[C@@H](O)C[C@@H]3N[C@@H]([C@H](O)CO)[C@H](O)[C@H]3O)[C@@H](O)[C@H]2O)c(=O)[nH]1. The number of ether oxygens (including phenoxy) is 1. The van der Waals surface area contributed by atoms with Crippen molar-refractivity contribution in [3.05, 3.63) is 33.1 Å². The van der Waals surface area contributed by atoms with Crippen LogP contribution in [0.3, 0.4) is 0 Å². The first-order chi connectivity index (χ1) is 16.3. The Morgan fingerprint density at radius 2 is 1.80 bits per heavy atom. The second-order valence-corrected chi connectivity index (χ2v) is 10.5. The van der Waals surface area contributed by atoms with E-state index in [1.807, 2.05) is 4.98 Å². The van der Waals surface area contributed by atoms with Crippen LogP contribution in [0.2, 0.25) is 0 Å². The van der Waals surface area contributed by atoms with Crippen LogP contribution in [0, 0.1) is 0 Å². The molecular weight excluding hydrogens is 497 g/mol. The number of H-pyrrole nitrogens is 1.